The molecule has 1 aromatic rings. The first-order valence-electron chi connectivity index (χ1n) is 4.35. The van der Waals surface area contributed by atoms with Crippen molar-refractivity contribution in [3.63, 3.8) is 0 Å². The molecule has 0 bridgehead atoms. The molecule has 15 heavy (non-hydrogen) atoms. The Labute approximate surface area is 85.3 Å². The number of aromatic hydroxyl groups is 1. The summed E-state index contributed by atoms with van der Waals surface area (Å²) in [5.41, 5.74) is 0.0515. The highest BCUT2D eigenvalue weighted by Crippen LogP contribution is 2.26. The normalized spacial score (nSPS) is 10.4. The molecule has 0 spiro atoms. The zero-order valence-electron chi connectivity index (χ0n) is 8.04. The quantitative estimate of drug-likeness (QED) is 0.787. The van der Waals surface area contributed by atoms with Crippen LogP contribution >= 0.6 is 0 Å². The molecule has 0 saturated carbocycles. The van der Waals surface area contributed by atoms with E-state index in [0.717, 1.165) is 6.07 Å². The van der Waals surface area contributed by atoms with Crippen LogP contribution in [-0.2, 0) is 0 Å². The molecule has 5 heteroatoms. The molecule has 0 heterocycles. The van der Waals surface area contributed by atoms with Crippen LogP contribution in [0.1, 0.15) is 23.7 Å². The van der Waals surface area contributed by atoms with Gasteiger partial charge in [0, 0.05) is 12.5 Å². The molecule has 1 N–H and O–H groups in total. The highest BCUT2D eigenvalue weighted by molar-refractivity contribution is 5.98. The number of hydrogen-bond acceptors (Lipinski definition) is 3. The number of Topliss-reactive ketones (excluding diaryl/α,β-unsaturated/α-hetero) is 1. The Balaban J connectivity index is 3.08. The van der Waals surface area contributed by atoms with Crippen molar-refractivity contribution in [3.05, 3.63) is 23.8 Å². The number of phenolic OH excluding ortho intramolecular Hbond substituents is 1. The molecular weight excluding hydrogens is 206 g/mol. The van der Waals surface area contributed by atoms with Crippen molar-refractivity contribution in [2.24, 2.45) is 0 Å². The summed E-state index contributed by atoms with van der Waals surface area (Å²) < 4.78 is 28.1. The predicted octanol–water partition coefficient (Wildman–Crippen LogP) is 2.59. The van der Waals surface area contributed by atoms with Gasteiger partial charge >= 0.3 is 6.61 Å². The van der Waals surface area contributed by atoms with Gasteiger partial charge in [0.1, 0.15) is 11.5 Å². The molecule has 1 aromatic carbocycles. The monoisotopic (exact) mass is 216 g/mol. The van der Waals surface area contributed by atoms with E-state index < -0.39 is 6.61 Å². The summed E-state index contributed by atoms with van der Waals surface area (Å²) >= 11 is 0. The molecule has 0 aromatic heterocycles. The molecule has 82 valence electrons. The number of carbonyl (C=O) groups excluding carboxylic acids is 1. The second-order valence-electron chi connectivity index (χ2n) is 2.84. The van der Waals surface area contributed by atoms with Crippen molar-refractivity contribution in [1.29, 1.82) is 0 Å². The maximum atomic E-state index is 12.0. The first kappa shape index (κ1) is 11.4. The van der Waals surface area contributed by atoms with Crippen LogP contribution in [-0.4, -0.2) is 17.5 Å². The standard InChI is InChI=1S/C10H10F2O3/c1-2-8(14)7-4-3-6(13)5-9(7)15-10(11)12/h3-5,10,13H,2H2,1H3. The Morgan fingerprint density at radius 2 is 2.20 bits per heavy atom. The van der Waals surface area contributed by atoms with E-state index in [-0.39, 0.29) is 29.3 Å². The lowest BCUT2D eigenvalue weighted by atomic mass is 10.1. The van der Waals surface area contributed by atoms with Gasteiger partial charge in [-0.15, -0.1) is 0 Å². The number of ether oxygens (including phenoxy) is 1. The molecule has 0 saturated heterocycles. The number of halogens is 2. The van der Waals surface area contributed by atoms with Crippen molar-refractivity contribution >= 4 is 5.78 Å². The van der Waals surface area contributed by atoms with Gasteiger partial charge in [-0.05, 0) is 12.1 Å². The van der Waals surface area contributed by atoms with Crippen molar-refractivity contribution in [3.8, 4) is 11.5 Å². The van der Waals surface area contributed by atoms with Crippen LogP contribution < -0.4 is 4.74 Å². The van der Waals surface area contributed by atoms with E-state index in [0.29, 0.717) is 0 Å². The first-order valence-corrected chi connectivity index (χ1v) is 4.35. The van der Waals surface area contributed by atoms with Crippen LogP contribution in [0.4, 0.5) is 8.78 Å². The summed E-state index contributed by atoms with van der Waals surface area (Å²) in [5.74, 6) is -0.833. The fourth-order valence-electron chi connectivity index (χ4n) is 1.13. The van der Waals surface area contributed by atoms with E-state index in [1.807, 2.05) is 0 Å². The molecule has 0 amide bonds. The minimum atomic E-state index is -3.02. The topological polar surface area (TPSA) is 46.5 Å². The van der Waals surface area contributed by atoms with E-state index in [1.54, 1.807) is 6.92 Å². The third kappa shape index (κ3) is 2.90. The lowest BCUT2D eigenvalue weighted by Crippen LogP contribution is -2.07. The third-order valence-corrected chi connectivity index (χ3v) is 1.80. The van der Waals surface area contributed by atoms with Gasteiger partial charge in [0.25, 0.3) is 0 Å². The zero-order chi connectivity index (χ0) is 11.4. The number of phenols is 1. The highest BCUT2D eigenvalue weighted by Gasteiger charge is 2.14. The first-order chi connectivity index (χ1) is 7.04. The SMILES string of the molecule is CCC(=O)c1ccc(O)cc1OC(F)F. The number of ketones is 1. The Kier molecular flexibility index (Phi) is 3.60. The molecule has 0 atom stereocenters. The molecule has 0 aliphatic rings. The molecule has 0 aliphatic heterocycles. The Morgan fingerprint density at radius 3 is 2.73 bits per heavy atom. The van der Waals surface area contributed by atoms with Crippen LogP contribution in [0.2, 0.25) is 0 Å². The predicted molar refractivity (Wildman–Crippen MR) is 49.4 cm³/mol. The second-order valence-corrected chi connectivity index (χ2v) is 2.84. The van der Waals surface area contributed by atoms with Crippen LogP contribution in [0.5, 0.6) is 11.5 Å². The Morgan fingerprint density at radius 1 is 1.53 bits per heavy atom. The molecule has 0 radical (unpaired) electrons. The van der Waals surface area contributed by atoms with Gasteiger partial charge < -0.3 is 9.84 Å². The van der Waals surface area contributed by atoms with Gasteiger partial charge in [-0.2, -0.15) is 8.78 Å². The number of carbonyl (C=O) groups is 1. The number of alkyl halides is 2. The Hall–Kier alpha value is -1.65. The van der Waals surface area contributed by atoms with Crippen LogP contribution in [0, 0.1) is 0 Å². The average molecular weight is 216 g/mol. The van der Waals surface area contributed by atoms with Gasteiger partial charge in [0.2, 0.25) is 0 Å². The molecule has 0 aliphatic carbocycles. The lowest BCUT2D eigenvalue weighted by molar-refractivity contribution is -0.0502. The summed E-state index contributed by atoms with van der Waals surface area (Å²) in [6.45, 7) is -1.41. The number of hydrogen-bond donors (Lipinski definition) is 1. The minimum Gasteiger partial charge on any atom is -0.508 e. The molecule has 3 nitrogen and oxygen atoms in total. The number of rotatable bonds is 4. The Bertz CT molecular complexity index is 364. The fourth-order valence-corrected chi connectivity index (χ4v) is 1.13. The van der Waals surface area contributed by atoms with Crippen molar-refractivity contribution in [1.82, 2.24) is 0 Å². The zero-order valence-corrected chi connectivity index (χ0v) is 8.04. The van der Waals surface area contributed by atoms with Crippen molar-refractivity contribution < 1.29 is 23.4 Å². The van der Waals surface area contributed by atoms with Gasteiger partial charge in [0.15, 0.2) is 5.78 Å². The summed E-state index contributed by atoms with van der Waals surface area (Å²) in [6, 6.07) is 3.51. The van der Waals surface area contributed by atoms with E-state index >= 15 is 0 Å². The van der Waals surface area contributed by atoms with Crippen molar-refractivity contribution in [2.45, 2.75) is 20.0 Å². The molecular formula is C10H10F2O3. The van der Waals surface area contributed by atoms with E-state index in [1.165, 1.54) is 12.1 Å². The maximum Gasteiger partial charge on any atom is 0.387 e. The van der Waals surface area contributed by atoms with Crippen LogP contribution in [0.15, 0.2) is 18.2 Å². The van der Waals surface area contributed by atoms with E-state index in [4.69, 9.17) is 5.11 Å². The average Bonchev–Trinajstić information content (AvgIpc) is 2.16. The smallest absolute Gasteiger partial charge is 0.387 e. The summed E-state index contributed by atoms with van der Waals surface area (Å²) in [4.78, 5) is 11.3. The fraction of sp³-hybridized carbons (Fsp3) is 0.300. The number of benzene rings is 1. The highest BCUT2D eigenvalue weighted by atomic mass is 19.3. The van der Waals surface area contributed by atoms with Gasteiger partial charge in [-0.3, -0.25) is 4.79 Å². The largest absolute Gasteiger partial charge is 0.508 e. The molecule has 1 rings (SSSR count). The van der Waals surface area contributed by atoms with Crippen LogP contribution in [0.25, 0.3) is 0 Å². The molecule has 0 fully saturated rings. The summed E-state index contributed by atoms with van der Waals surface area (Å²) in [7, 11) is 0. The van der Waals surface area contributed by atoms with Gasteiger partial charge in [0.05, 0.1) is 5.56 Å². The molecule has 0 unspecified atom stereocenters. The second kappa shape index (κ2) is 4.72. The minimum absolute atomic E-state index is 0.0515. The van der Waals surface area contributed by atoms with Gasteiger partial charge in [-0.25, -0.2) is 0 Å². The summed E-state index contributed by atoms with van der Waals surface area (Å²) in [6.07, 6.45) is 0.185. The summed E-state index contributed by atoms with van der Waals surface area (Å²) in [5, 5.41) is 9.07. The van der Waals surface area contributed by atoms with E-state index in [9.17, 15) is 13.6 Å². The van der Waals surface area contributed by atoms with Gasteiger partial charge in [-0.1, -0.05) is 6.92 Å². The van der Waals surface area contributed by atoms with Crippen LogP contribution in [0.3, 0.4) is 0 Å². The third-order valence-electron chi connectivity index (χ3n) is 1.80. The van der Waals surface area contributed by atoms with E-state index in [2.05, 4.69) is 4.74 Å². The van der Waals surface area contributed by atoms with Crippen molar-refractivity contribution in [2.75, 3.05) is 0 Å². The maximum absolute atomic E-state index is 12.0. The lowest BCUT2D eigenvalue weighted by Gasteiger charge is -2.09.